The van der Waals surface area contributed by atoms with Crippen LogP contribution in [0.1, 0.15) is 7.43 Å². The van der Waals surface area contributed by atoms with Gasteiger partial charge in [0.2, 0.25) is 0 Å². The molecule has 0 aliphatic carbocycles. The van der Waals surface area contributed by atoms with Crippen molar-refractivity contribution in [3.05, 3.63) is 0 Å². The minimum absolute atomic E-state index is 0. The summed E-state index contributed by atoms with van der Waals surface area (Å²) in [5.74, 6) is 0. The molecule has 0 spiro atoms. The van der Waals surface area contributed by atoms with Gasteiger partial charge in [0.1, 0.15) is 0 Å². The van der Waals surface area contributed by atoms with Gasteiger partial charge in [0, 0.05) is 35.7 Å². The predicted molar refractivity (Wildman–Crippen MR) is 41.6 cm³/mol. The summed E-state index contributed by atoms with van der Waals surface area (Å²) < 4.78 is 34.1. The Kier molecular flexibility index (Phi) is 62.5. The molecule has 0 atom stereocenters. The molecule has 17 heteroatoms. The van der Waals surface area contributed by atoms with Crippen molar-refractivity contribution in [3.63, 3.8) is 0 Å². The number of rotatable bonds is 0. The van der Waals surface area contributed by atoms with Crippen molar-refractivity contribution >= 4 is 33.0 Å². The summed E-state index contributed by atoms with van der Waals surface area (Å²) in [6.07, 6.45) is 0. The van der Waals surface area contributed by atoms with Crippen LogP contribution in [0.2, 0.25) is 0 Å². The average Bonchev–Trinajstić information content (AvgIpc) is 1.76. The second kappa shape index (κ2) is 30.9. The van der Waals surface area contributed by atoms with Gasteiger partial charge in [-0.2, -0.15) is 0 Å². The van der Waals surface area contributed by atoms with Crippen LogP contribution in [0.25, 0.3) is 0 Å². The smallest absolute Gasteiger partial charge is 0.598 e. The van der Waals surface area contributed by atoms with Crippen molar-refractivity contribution in [3.8, 4) is 0 Å². The van der Waals surface area contributed by atoms with Crippen LogP contribution in [0.15, 0.2) is 0 Å². The van der Waals surface area contributed by atoms with Crippen LogP contribution in [0.5, 0.6) is 0 Å². The minimum Gasteiger partial charge on any atom is -0.598 e. The molecule has 0 unspecified atom stereocenters. The molecule has 0 fully saturated rings. The molecule has 0 bridgehead atoms. The molecule has 108 valence electrons. The molecule has 0 aliphatic heterocycles. The van der Waals surface area contributed by atoms with E-state index in [1.54, 1.807) is 0 Å². The third-order valence-corrected chi connectivity index (χ3v) is 0. The summed E-state index contributed by atoms with van der Waals surface area (Å²) >= 11 is 0. The first-order valence-corrected chi connectivity index (χ1v) is 6.68. The zero-order valence-electron chi connectivity index (χ0n) is 7.27. The van der Waals surface area contributed by atoms with Gasteiger partial charge in [-0.15, -0.1) is 9.79 Å². The Morgan fingerprint density at radius 2 is 0.611 bits per heavy atom. The summed E-state index contributed by atoms with van der Waals surface area (Å²) in [4.78, 5) is 65.1. The summed E-state index contributed by atoms with van der Waals surface area (Å²) in [7, 11) is -13.0. The van der Waals surface area contributed by atoms with E-state index in [9.17, 15) is 0 Å². The van der Waals surface area contributed by atoms with Crippen LogP contribution in [0, 0.1) is 31.1 Å². The van der Waals surface area contributed by atoms with Crippen LogP contribution >= 0.6 is 33.0 Å². The third kappa shape index (κ3) is 3480. The van der Waals surface area contributed by atoms with E-state index < -0.39 is 33.0 Å². The van der Waals surface area contributed by atoms with Crippen molar-refractivity contribution < 1.29 is 88.5 Å². The molecule has 12 nitrogen and oxygen atoms in total. The van der Waals surface area contributed by atoms with Crippen LogP contribution in [0.4, 0.5) is 0 Å². The molecule has 0 heterocycles. The van der Waals surface area contributed by atoms with Crippen molar-refractivity contribution in [2.24, 2.45) is 0 Å². The van der Waals surface area contributed by atoms with E-state index in [2.05, 4.69) is 0 Å². The van der Waals surface area contributed by atoms with E-state index in [4.69, 9.17) is 57.4 Å². The topological polar surface area (TPSA) is 247 Å². The van der Waals surface area contributed by atoms with Crippen molar-refractivity contribution in [2.75, 3.05) is 0 Å². The summed E-state index contributed by atoms with van der Waals surface area (Å²) in [5, 5.41) is 0. The first kappa shape index (κ1) is 36.5. The molecule has 0 aromatic heterocycles. The van der Waals surface area contributed by atoms with Gasteiger partial charge in [0.15, 0.2) is 0 Å². The zero-order valence-corrected chi connectivity index (χ0v) is 15.0. The second-order valence-corrected chi connectivity index (χ2v) is 2.77. The Bertz CT molecular complexity index is 164. The van der Waals surface area contributed by atoms with Gasteiger partial charge in [0.25, 0.3) is 24.8 Å². The van der Waals surface area contributed by atoms with Crippen LogP contribution in [-0.2, 0) is 18.3 Å². The molecule has 2 N–H and O–H groups in total. The van der Waals surface area contributed by atoms with Crippen LogP contribution < -0.4 is 29.4 Å². The molecule has 0 aromatic carbocycles. The van der Waals surface area contributed by atoms with Gasteiger partial charge in [-0.25, -0.2) is 0 Å². The molecular formula is CH6O12P4U-2. The van der Waals surface area contributed by atoms with Crippen molar-refractivity contribution in [1.82, 2.24) is 0 Å². The fourth-order valence-corrected chi connectivity index (χ4v) is 0. The Labute approximate surface area is 129 Å². The first-order chi connectivity index (χ1) is 6.93. The third-order valence-electron chi connectivity index (χ3n) is 0. The summed E-state index contributed by atoms with van der Waals surface area (Å²) in [5.41, 5.74) is 0. The van der Waals surface area contributed by atoms with Crippen molar-refractivity contribution in [1.29, 1.82) is 0 Å². The minimum atomic E-state index is -3.37. The molecular weight excluding hydrogens is 566 g/mol. The SMILES string of the molecule is C.O=[P+](O)O.O=[P+]([O-])[O-].O=[P+]([O-])[O-].O=[P+]([O-])[O-].[U]. The largest absolute Gasteiger partial charge is 0.692 e. The Balaban J connectivity index is -0.0000000257. The van der Waals surface area contributed by atoms with E-state index in [-0.39, 0.29) is 38.5 Å². The zero-order chi connectivity index (χ0) is 14.3. The second-order valence-electron chi connectivity index (χ2n) is 0.924. The van der Waals surface area contributed by atoms with E-state index >= 15 is 0 Å². The van der Waals surface area contributed by atoms with Gasteiger partial charge in [-0.1, -0.05) is 21.1 Å². The van der Waals surface area contributed by atoms with E-state index in [0.29, 0.717) is 0 Å². The quantitative estimate of drug-likeness (QED) is 0.260. The first-order valence-electron chi connectivity index (χ1n) is 2.23. The van der Waals surface area contributed by atoms with E-state index in [1.807, 2.05) is 0 Å². The Morgan fingerprint density at radius 3 is 0.611 bits per heavy atom. The predicted octanol–water partition coefficient (Wildman–Crippen LogP) is -4.64. The van der Waals surface area contributed by atoms with Gasteiger partial charge >= 0.3 is 8.25 Å². The maximum absolute atomic E-state index is 8.70. The molecule has 0 rings (SSSR count). The van der Waals surface area contributed by atoms with E-state index in [1.165, 1.54) is 0 Å². The molecule has 0 saturated carbocycles. The molecule has 0 saturated heterocycles. The maximum Gasteiger partial charge on any atom is 0.692 e. The maximum atomic E-state index is 8.70. The van der Waals surface area contributed by atoms with Crippen LogP contribution in [-0.4, -0.2) is 9.79 Å². The molecule has 0 aromatic rings. The van der Waals surface area contributed by atoms with Gasteiger partial charge in [0.05, 0.1) is 0 Å². The van der Waals surface area contributed by atoms with Gasteiger partial charge in [-0.3, -0.25) is 0 Å². The molecule has 0 aliphatic rings. The fourth-order valence-electron chi connectivity index (χ4n) is 0. The van der Waals surface area contributed by atoms with E-state index in [0.717, 1.165) is 0 Å². The monoisotopic (exact) mass is 572 g/mol. The Hall–Kier alpha value is 1.13. The Morgan fingerprint density at radius 1 is 0.611 bits per heavy atom. The molecule has 0 amide bonds. The number of hydrogen-bond donors (Lipinski definition) is 2. The summed E-state index contributed by atoms with van der Waals surface area (Å²) in [6, 6.07) is 0. The molecule has 0 radical (unpaired) electrons. The number of hydrogen-bond acceptors (Lipinski definition) is 10. The van der Waals surface area contributed by atoms with Crippen molar-refractivity contribution in [2.45, 2.75) is 7.43 Å². The average molecular weight is 572 g/mol. The van der Waals surface area contributed by atoms with Gasteiger partial charge in [-0.05, 0) is 0 Å². The standard InChI is InChI=1S/CH4.4HO3P.U/c;4*1-4(2)3;/h1H4;(H-,1,2,3);3*(H,1,2,3);/p-2. The fraction of sp³-hybridized carbons (Fsp3) is 1.00. The normalized spacial score (nSPS) is 5.78. The van der Waals surface area contributed by atoms with Crippen LogP contribution in [0.3, 0.4) is 0 Å². The summed E-state index contributed by atoms with van der Waals surface area (Å²) in [6.45, 7) is 0. The molecule has 18 heavy (non-hydrogen) atoms. The van der Waals surface area contributed by atoms with Gasteiger partial charge < -0.3 is 29.4 Å².